The second kappa shape index (κ2) is 7.47. The van der Waals surface area contributed by atoms with E-state index in [2.05, 4.69) is 17.2 Å². The third-order valence-electron chi connectivity index (χ3n) is 3.01. The molecule has 0 saturated heterocycles. The molecule has 2 N–H and O–H groups in total. The summed E-state index contributed by atoms with van der Waals surface area (Å²) in [6.45, 7) is 3.37. The smallest absolute Gasteiger partial charge is 0.255 e. The molecule has 0 aliphatic rings. The van der Waals surface area contributed by atoms with Crippen LogP contribution in [0.15, 0.2) is 55.1 Å². The lowest BCUT2D eigenvalue weighted by Crippen LogP contribution is -2.13. The van der Waals surface area contributed by atoms with Gasteiger partial charge in [-0.1, -0.05) is 18.2 Å². The maximum absolute atomic E-state index is 12.3. The normalized spacial score (nSPS) is 9.83. The van der Waals surface area contributed by atoms with Gasteiger partial charge >= 0.3 is 0 Å². The highest BCUT2D eigenvalue weighted by Gasteiger charge is 2.10. The fourth-order valence-corrected chi connectivity index (χ4v) is 2.04. The van der Waals surface area contributed by atoms with Gasteiger partial charge in [0.25, 0.3) is 5.91 Å². The number of ether oxygens (including phenoxy) is 1. The molecule has 0 heterocycles. The molecule has 0 spiro atoms. The van der Waals surface area contributed by atoms with Crippen LogP contribution in [-0.2, 0) is 4.79 Å². The van der Waals surface area contributed by atoms with E-state index < -0.39 is 0 Å². The van der Waals surface area contributed by atoms with Crippen molar-refractivity contribution in [3.63, 3.8) is 0 Å². The van der Waals surface area contributed by atoms with Gasteiger partial charge in [-0.15, -0.1) is 0 Å². The van der Waals surface area contributed by atoms with Crippen LogP contribution in [0.5, 0.6) is 5.75 Å². The van der Waals surface area contributed by atoms with E-state index in [1.807, 2.05) is 0 Å². The molecule has 118 valence electrons. The Bertz CT molecular complexity index is 742. The van der Waals surface area contributed by atoms with Crippen molar-refractivity contribution >= 4 is 34.8 Å². The molecule has 0 aromatic heterocycles. The number of carbonyl (C=O) groups excluding carboxylic acids is 2. The molecule has 2 rings (SSSR count). The van der Waals surface area contributed by atoms with Crippen molar-refractivity contribution in [2.75, 3.05) is 17.7 Å². The molecule has 0 bridgehead atoms. The number of halogens is 1. The molecular weight excluding hydrogens is 316 g/mol. The van der Waals surface area contributed by atoms with Crippen LogP contribution in [0.1, 0.15) is 10.4 Å². The van der Waals surface area contributed by atoms with Gasteiger partial charge in [0.2, 0.25) is 5.91 Å². The van der Waals surface area contributed by atoms with Crippen molar-refractivity contribution in [2.24, 2.45) is 0 Å². The Morgan fingerprint density at radius 3 is 2.43 bits per heavy atom. The predicted molar refractivity (Wildman–Crippen MR) is 91.2 cm³/mol. The number of hydrogen-bond acceptors (Lipinski definition) is 3. The van der Waals surface area contributed by atoms with Gasteiger partial charge in [-0.25, -0.2) is 0 Å². The van der Waals surface area contributed by atoms with Crippen molar-refractivity contribution in [3.8, 4) is 5.75 Å². The minimum absolute atomic E-state index is 0.313. The van der Waals surface area contributed by atoms with Crippen LogP contribution in [-0.4, -0.2) is 18.9 Å². The molecule has 23 heavy (non-hydrogen) atoms. The Hall–Kier alpha value is -2.79. The summed E-state index contributed by atoms with van der Waals surface area (Å²) in [5.74, 6) is -0.115. The van der Waals surface area contributed by atoms with Crippen molar-refractivity contribution in [1.29, 1.82) is 0 Å². The quantitative estimate of drug-likeness (QED) is 0.821. The zero-order valence-electron chi connectivity index (χ0n) is 12.4. The molecule has 6 heteroatoms. The molecule has 2 aromatic carbocycles. The van der Waals surface area contributed by atoms with Crippen molar-refractivity contribution in [2.45, 2.75) is 0 Å². The number of rotatable bonds is 5. The molecule has 0 unspecified atom stereocenters. The van der Waals surface area contributed by atoms with Crippen LogP contribution < -0.4 is 15.4 Å². The number of anilines is 2. The second-order valence-corrected chi connectivity index (χ2v) is 5.01. The Labute approximate surface area is 138 Å². The number of hydrogen-bond donors (Lipinski definition) is 2. The fraction of sp³-hybridized carbons (Fsp3) is 0.0588. The maximum atomic E-state index is 12.3. The van der Waals surface area contributed by atoms with Crippen LogP contribution in [0.25, 0.3) is 0 Å². The summed E-state index contributed by atoms with van der Waals surface area (Å²) < 4.78 is 5.18. The van der Waals surface area contributed by atoms with Gasteiger partial charge in [-0.3, -0.25) is 9.59 Å². The first-order valence-electron chi connectivity index (χ1n) is 6.72. The van der Waals surface area contributed by atoms with E-state index in [4.69, 9.17) is 16.3 Å². The Morgan fingerprint density at radius 2 is 1.83 bits per heavy atom. The Kier molecular flexibility index (Phi) is 5.38. The average molecular weight is 331 g/mol. The molecule has 0 aliphatic carbocycles. The van der Waals surface area contributed by atoms with E-state index in [1.54, 1.807) is 42.5 Å². The average Bonchev–Trinajstić information content (AvgIpc) is 2.55. The van der Waals surface area contributed by atoms with E-state index in [0.29, 0.717) is 27.7 Å². The van der Waals surface area contributed by atoms with Crippen LogP contribution >= 0.6 is 11.6 Å². The van der Waals surface area contributed by atoms with Gasteiger partial charge in [-0.05, 0) is 48.5 Å². The standard InChI is InChI=1S/C17H15ClN2O3/c1-3-16(21)19-13-7-4-11(5-8-13)17(22)20-14-10-12(18)6-9-15(14)23-2/h3-10H,1H2,2H3,(H,19,21)(H,20,22). The van der Waals surface area contributed by atoms with Crippen LogP contribution in [0.3, 0.4) is 0 Å². The Morgan fingerprint density at radius 1 is 1.13 bits per heavy atom. The lowest BCUT2D eigenvalue weighted by Gasteiger charge is -2.11. The highest BCUT2D eigenvalue weighted by Crippen LogP contribution is 2.28. The second-order valence-electron chi connectivity index (χ2n) is 4.57. The largest absolute Gasteiger partial charge is 0.495 e. The van der Waals surface area contributed by atoms with E-state index in [0.717, 1.165) is 0 Å². The summed E-state index contributed by atoms with van der Waals surface area (Å²) >= 11 is 5.93. The van der Waals surface area contributed by atoms with Crippen LogP contribution in [0.2, 0.25) is 5.02 Å². The monoisotopic (exact) mass is 330 g/mol. The topological polar surface area (TPSA) is 67.4 Å². The van der Waals surface area contributed by atoms with E-state index in [-0.39, 0.29) is 11.8 Å². The minimum atomic E-state index is -0.314. The third-order valence-corrected chi connectivity index (χ3v) is 3.24. The lowest BCUT2D eigenvalue weighted by molar-refractivity contribution is -0.111. The van der Waals surface area contributed by atoms with E-state index >= 15 is 0 Å². The first-order valence-corrected chi connectivity index (χ1v) is 7.09. The fourth-order valence-electron chi connectivity index (χ4n) is 1.87. The van der Waals surface area contributed by atoms with Gasteiger partial charge in [-0.2, -0.15) is 0 Å². The zero-order valence-corrected chi connectivity index (χ0v) is 13.2. The first kappa shape index (κ1) is 16.6. The molecule has 5 nitrogen and oxygen atoms in total. The van der Waals surface area contributed by atoms with Gasteiger partial charge in [0.15, 0.2) is 0 Å². The summed E-state index contributed by atoms with van der Waals surface area (Å²) in [5, 5.41) is 5.83. The molecular formula is C17H15ClN2O3. The van der Waals surface area contributed by atoms with E-state index in [9.17, 15) is 9.59 Å². The number of nitrogens with one attached hydrogen (secondary N) is 2. The molecule has 2 amide bonds. The van der Waals surface area contributed by atoms with E-state index in [1.165, 1.54) is 13.2 Å². The SMILES string of the molecule is C=CC(=O)Nc1ccc(C(=O)Nc2cc(Cl)ccc2OC)cc1. The minimum Gasteiger partial charge on any atom is -0.495 e. The highest BCUT2D eigenvalue weighted by molar-refractivity contribution is 6.31. The summed E-state index contributed by atoms with van der Waals surface area (Å²) in [4.78, 5) is 23.5. The molecule has 0 saturated carbocycles. The Balaban J connectivity index is 2.13. The predicted octanol–water partition coefficient (Wildman–Crippen LogP) is 3.73. The summed E-state index contributed by atoms with van der Waals surface area (Å²) in [5.41, 5.74) is 1.49. The molecule has 0 radical (unpaired) electrons. The van der Waals surface area contributed by atoms with Crippen molar-refractivity contribution in [3.05, 3.63) is 65.7 Å². The van der Waals surface area contributed by atoms with Crippen LogP contribution in [0.4, 0.5) is 11.4 Å². The van der Waals surface area contributed by atoms with Gasteiger partial charge < -0.3 is 15.4 Å². The zero-order chi connectivity index (χ0) is 16.8. The summed E-state index contributed by atoms with van der Waals surface area (Å²) in [7, 11) is 1.51. The number of carbonyl (C=O) groups is 2. The highest BCUT2D eigenvalue weighted by atomic mass is 35.5. The molecule has 2 aromatic rings. The van der Waals surface area contributed by atoms with Crippen LogP contribution in [0, 0.1) is 0 Å². The maximum Gasteiger partial charge on any atom is 0.255 e. The third kappa shape index (κ3) is 4.34. The van der Waals surface area contributed by atoms with Crippen molar-refractivity contribution in [1.82, 2.24) is 0 Å². The lowest BCUT2D eigenvalue weighted by atomic mass is 10.2. The number of benzene rings is 2. The molecule has 0 fully saturated rings. The molecule has 0 atom stereocenters. The summed E-state index contributed by atoms with van der Waals surface area (Å²) in [6, 6.07) is 11.4. The summed E-state index contributed by atoms with van der Waals surface area (Å²) in [6.07, 6.45) is 1.17. The van der Waals surface area contributed by atoms with Gasteiger partial charge in [0.05, 0.1) is 12.8 Å². The first-order chi connectivity index (χ1) is 11.0. The molecule has 0 aliphatic heterocycles. The van der Waals surface area contributed by atoms with Gasteiger partial charge in [0.1, 0.15) is 5.75 Å². The number of amides is 2. The number of methoxy groups -OCH3 is 1. The van der Waals surface area contributed by atoms with Crippen molar-refractivity contribution < 1.29 is 14.3 Å². The van der Waals surface area contributed by atoms with Gasteiger partial charge in [0, 0.05) is 16.3 Å².